The van der Waals surface area contributed by atoms with Crippen molar-refractivity contribution in [3.05, 3.63) is 0 Å². The molecular formula is C16H28N2O2S. The number of rotatable bonds is 5. The Labute approximate surface area is 132 Å². The molecule has 2 unspecified atom stereocenters. The second kappa shape index (κ2) is 7.03. The third-order valence-electron chi connectivity index (χ3n) is 4.76. The van der Waals surface area contributed by atoms with Gasteiger partial charge in [-0.1, -0.05) is 33.1 Å². The van der Waals surface area contributed by atoms with Crippen LogP contribution in [-0.2, 0) is 9.59 Å². The Morgan fingerprint density at radius 3 is 2.57 bits per heavy atom. The summed E-state index contributed by atoms with van der Waals surface area (Å²) in [5.41, 5.74) is -0.597. The van der Waals surface area contributed by atoms with E-state index in [1.165, 1.54) is 6.42 Å². The van der Waals surface area contributed by atoms with E-state index < -0.39 is 5.54 Å². The highest BCUT2D eigenvalue weighted by Gasteiger charge is 2.50. The van der Waals surface area contributed by atoms with Crippen molar-refractivity contribution < 1.29 is 9.59 Å². The molecular weight excluding hydrogens is 284 g/mol. The first kappa shape index (κ1) is 16.7. The molecule has 1 saturated carbocycles. The van der Waals surface area contributed by atoms with Crippen molar-refractivity contribution in [1.82, 2.24) is 10.2 Å². The maximum absolute atomic E-state index is 13.1. The maximum atomic E-state index is 13.1. The molecule has 1 aliphatic carbocycles. The Hall–Kier alpha value is -0.710. The van der Waals surface area contributed by atoms with Crippen molar-refractivity contribution in [3.63, 3.8) is 0 Å². The monoisotopic (exact) mass is 312 g/mol. The molecule has 2 aliphatic rings. The summed E-state index contributed by atoms with van der Waals surface area (Å²) in [6, 6.07) is -0.283. The van der Waals surface area contributed by atoms with Crippen molar-refractivity contribution >= 4 is 23.6 Å². The number of thioether (sulfide) groups is 1. The molecule has 2 rings (SSSR count). The predicted molar refractivity (Wildman–Crippen MR) is 87.3 cm³/mol. The van der Waals surface area contributed by atoms with Crippen LogP contribution in [0.5, 0.6) is 0 Å². The Morgan fingerprint density at radius 2 is 2.00 bits per heavy atom. The number of piperazine rings is 1. The fraction of sp³-hybridized carbons (Fsp3) is 0.875. The molecule has 1 saturated heterocycles. The van der Waals surface area contributed by atoms with Crippen molar-refractivity contribution in [2.75, 3.05) is 18.6 Å². The number of hydrogen-bond donors (Lipinski definition) is 1. The minimum absolute atomic E-state index is 0.0513. The van der Waals surface area contributed by atoms with Crippen LogP contribution in [0.4, 0.5) is 0 Å². The Morgan fingerprint density at radius 1 is 1.33 bits per heavy atom. The van der Waals surface area contributed by atoms with E-state index in [2.05, 4.69) is 18.5 Å². The zero-order chi connectivity index (χ0) is 15.5. The van der Waals surface area contributed by atoms with E-state index in [1.807, 2.05) is 11.8 Å². The summed E-state index contributed by atoms with van der Waals surface area (Å²) >= 11 is 1.80. The van der Waals surface area contributed by atoms with Gasteiger partial charge in [0.15, 0.2) is 0 Å². The molecule has 2 fully saturated rings. The number of carbonyl (C=O) groups excluding carboxylic acids is 2. The van der Waals surface area contributed by atoms with E-state index in [0.717, 1.165) is 31.4 Å². The van der Waals surface area contributed by atoms with Crippen LogP contribution < -0.4 is 5.32 Å². The van der Waals surface area contributed by atoms with Crippen molar-refractivity contribution in [2.45, 2.75) is 64.0 Å². The SMILES string of the molecule is CCC1C(=O)NC2(CCCCC2)C(=O)N1CC(C)CSC. The Bertz CT molecular complexity index is 394. The van der Waals surface area contributed by atoms with Crippen LogP contribution in [0.3, 0.4) is 0 Å². The normalized spacial score (nSPS) is 26.8. The molecule has 2 amide bonds. The average Bonchev–Trinajstić information content (AvgIpc) is 2.46. The van der Waals surface area contributed by atoms with Crippen LogP contribution in [0, 0.1) is 5.92 Å². The molecule has 1 N–H and O–H groups in total. The molecule has 2 atom stereocenters. The summed E-state index contributed by atoms with van der Waals surface area (Å²) in [5, 5.41) is 3.08. The van der Waals surface area contributed by atoms with Gasteiger partial charge >= 0.3 is 0 Å². The molecule has 120 valence electrons. The smallest absolute Gasteiger partial charge is 0.249 e. The predicted octanol–water partition coefficient (Wildman–Crippen LogP) is 2.43. The highest BCUT2D eigenvalue weighted by molar-refractivity contribution is 7.98. The molecule has 1 spiro atoms. The van der Waals surface area contributed by atoms with Gasteiger partial charge in [0.05, 0.1) is 0 Å². The van der Waals surface area contributed by atoms with Crippen LogP contribution in [0.1, 0.15) is 52.4 Å². The second-order valence-corrected chi connectivity index (χ2v) is 7.48. The van der Waals surface area contributed by atoms with Gasteiger partial charge in [-0.05, 0) is 37.2 Å². The Kier molecular flexibility index (Phi) is 5.58. The molecule has 1 aliphatic heterocycles. The van der Waals surface area contributed by atoms with Gasteiger partial charge in [-0.3, -0.25) is 9.59 Å². The molecule has 21 heavy (non-hydrogen) atoms. The van der Waals surface area contributed by atoms with Crippen molar-refractivity contribution in [2.24, 2.45) is 5.92 Å². The van der Waals surface area contributed by atoms with Crippen LogP contribution >= 0.6 is 11.8 Å². The van der Waals surface area contributed by atoms with Crippen LogP contribution in [-0.4, -0.2) is 46.8 Å². The summed E-state index contributed by atoms with van der Waals surface area (Å²) in [6.07, 6.45) is 7.64. The van der Waals surface area contributed by atoms with E-state index in [4.69, 9.17) is 0 Å². The van der Waals surface area contributed by atoms with Gasteiger partial charge in [0, 0.05) is 6.54 Å². The Balaban J connectivity index is 2.20. The number of nitrogens with zero attached hydrogens (tertiary/aromatic N) is 1. The lowest BCUT2D eigenvalue weighted by atomic mass is 9.78. The topological polar surface area (TPSA) is 49.4 Å². The van der Waals surface area contributed by atoms with E-state index in [-0.39, 0.29) is 17.9 Å². The molecule has 0 aromatic rings. The summed E-state index contributed by atoms with van der Waals surface area (Å²) in [6.45, 7) is 4.85. The molecule has 0 aromatic heterocycles. The van der Waals surface area contributed by atoms with E-state index >= 15 is 0 Å². The lowest BCUT2D eigenvalue weighted by Crippen LogP contribution is -2.71. The van der Waals surface area contributed by atoms with Gasteiger partial charge in [-0.15, -0.1) is 0 Å². The molecule has 0 aromatic carbocycles. The summed E-state index contributed by atoms with van der Waals surface area (Å²) in [4.78, 5) is 27.4. The number of hydrogen-bond acceptors (Lipinski definition) is 3. The number of amides is 2. The average molecular weight is 312 g/mol. The van der Waals surface area contributed by atoms with E-state index in [0.29, 0.717) is 18.9 Å². The van der Waals surface area contributed by atoms with Gasteiger partial charge in [-0.2, -0.15) is 11.8 Å². The first-order valence-corrected chi connectivity index (χ1v) is 9.55. The minimum Gasteiger partial charge on any atom is -0.340 e. The molecule has 0 bridgehead atoms. The highest BCUT2D eigenvalue weighted by Crippen LogP contribution is 2.34. The first-order chi connectivity index (χ1) is 10.0. The zero-order valence-corrected chi connectivity index (χ0v) is 14.3. The van der Waals surface area contributed by atoms with Gasteiger partial charge in [0.1, 0.15) is 11.6 Å². The lowest BCUT2D eigenvalue weighted by molar-refractivity contribution is -0.157. The van der Waals surface area contributed by atoms with Gasteiger partial charge < -0.3 is 10.2 Å². The van der Waals surface area contributed by atoms with Crippen molar-refractivity contribution in [3.8, 4) is 0 Å². The molecule has 5 heteroatoms. The first-order valence-electron chi connectivity index (χ1n) is 8.16. The lowest BCUT2D eigenvalue weighted by Gasteiger charge is -2.48. The minimum atomic E-state index is -0.597. The second-order valence-electron chi connectivity index (χ2n) is 6.57. The van der Waals surface area contributed by atoms with Crippen molar-refractivity contribution in [1.29, 1.82) is 0 Å². The largest absolute Gasteiger partial charge is 0.340 e. The van der Waals surface area contributed by atoms with Gasteiger partial charge in [0.25, 0.3) is 0 Å². The molecule has 4 nitrogen and oxygen atoms in total. The van der Waals surface area contributed by atoms with E-state index in [1.54, 1.807) is 11.8 Å². The van der Waals surface area contributed by atoms with Gasteiger partial charge in [0.2, 0.25) is 11.8 Å². The van der Waals surface area contributed by atoms with Gasteiger partial charge in [-0.25, -0.2) is 0 Å². The highest BCUT2D eigenvalue weighted by atomic mass is 32.2. The van der Waals surface area contributed by atoms with Crippen LogP contribution in [0.2, 0.25) is 0 Å². The quantitative estimate of drug-likeness (QED) is 0.848. The summed E-state index contributed by atoms with van der Waals surface area (Å²) in [7, 11) is 0. The van der Waals surface area contributed by atoms with E-state index in [9.17, 15) is 9.59 Å². The molecule has 1 heterocycles. The fourth-order valence-electron chi connectivity index (χ4n) is 3.71. The maximum Gasteiger partial charge on any atom is 0.249 e. The number of nitrogens with one attached hydrogen (secondary N) is 1. The zero-order valence-electron chi connectivity index (χ0n) is 13.5. The third kappa shape index (κ3) is 3.38. The van der Waals surface area contributed by atoms with Crippen LogP contribution in [0.15, 0.2) is 0 Å². The number of carbonyl (C=O) groups is 2. The molecule has 0 radical (unpaired) electrons. The summed E-state index contributed by atoms with van der Waals surface area (Å²) < 4.78 is 0. The third-order valence-corrected chi connectivity index (χ3v) is 5.67. The standard InChI is InChI=1S/C16H28N2O2S/c1-4-13-14(19)17-16(8-6-5-7-9-16)15(20)18(13)10-12(2)11-21-3/h12-13H,4-11H2,1-3H3,(H,17,19). The summed E-state index contributed by atoms with van der Waals surface area (Å²) in [5.74, 6) is 1.66. The van der Waals surface area contributed by atoms with Crippen LogP contribution in [0.25, 0.3) is 0 Å². The fourth-order valence-corrected chi connectivity index (χ4v) is 4.39.